The van der Waals surface area contributed by atoms with Crippen LogP contribution < -0.4 is 0 Å². The minimum atomic E-state index is -0.699. The van der Waals surface area contributed by atoms with E-state index in [4.69, 9.17) is 4.74 Å². The number of amides is 1. The van der Waals surface area contributed by atoms with E-state index in [0.717, 1.165) is 49.2 Å². The number of carbonyl (C=O) groups excluding carboxylic acids is 1. The largest absolute Gasteiger partial charge is 0.444 e. The van der Waals surface area contributed by atoms with Gasteiger partial charge >= 0.3 is 6.09 Å². The van der Waals surface area contributed by atoms with Crippen molar-refractivity contribution < 1.29 is 14.6 Å². The number of carbonyl (C=O) groups is 1. The third-order valence-electron chi connectivity index (χ3n) is 6.53. The molecule has 5 heteroatoms. The van der Waals surface area contributed by atoms with Crippen molar-refractivity contribution in [3.05, 3.63) is 71.3 Å². The average Bonchev–Trinajstić information content (AvgIpc) is 2.75. The Morgan fingerprint density at radius 2 is 1.61 bits per heavy atom. The molecule has 3 atom stereocenters. The van der Waals surface area contributed by atoms with Gasteiger partial charge in [0.05, 0.1) is 18.7 Å². The van der Waals surface area contributed by atoms with Crippen molar-refractivity contribution >= 4 is 6.09 Å². The summed E-state index contributed by atoms with van der Waals surface area (Å²) >= 11 is 0. The van der Waals surface area contributed by atoms with Crippen LogP contribution in [0.5, 0.6) is 0 Å². The smallest absolute Gasteiger partial charge is 0.410 e. The first kappa shape index (κ1) is 17.7. The lowest BCUT2D eigenvalue weighted by atomic mass is 9.85. The van der Waals surface area contributed by atoms with Gasteiger partial charge in [-0.1, -0.05) is 54.6 Å². The number of hydrogen-bond donors (Lipinski definition) is 1. The van der Waals surface area contributed by atoms with Gasteiger partial charge in [0, 0.05) is 6.54 Å². The van der Waals surface area contributed by atoms with E-state index in [0.29, 0.717) is 5.92 Å². The molecule has 1 amide bonds. The minimum Gasteiger partial charge on any atom is -0.444 e. The van der Waals surface area contributed by atoms with Crippen LogP contribution in [0, 0.1) is 5.92 Å². The first-order valence-electron chi connectivity index (χ1n) is 10.2. The lowest BCUT2D eigenvalue weighted by Gasteiger charge is -2.45. The third-order valence-corrected chi connectivity index (χ3v) is 6.53. The summed E-state index contributed by atoms with van der Waals surface area (Å²) in [4.78, 5) is 17.3. The van der Waals surface area contributed by atoms with E-state index in [1.165, 1.54) is 0 Å². The number of ether oxygens (including phenoxy) is 1. The molecule has 3 fully saturated rings. The maximum atomic E-state index is 13.3. The molecule has 2 aromatic carbocycles. The molecule has 0 aromatic heterocycles. The standard InChI is InChI=1S/C23H26N2O3/c26-20-14-25(23(27)28-21-15-24-12-10-16(21)11-13-24)22(17-6-2-1-3-7-17)19-9-5-4-8-18(19)20/h1-9,16,20-22,26H,10-15H2/t20-,21+,22+/m1/s1. The van der Waals surface area contributed by atoms with Crippen LogP contribution in [0.4, 0.5) is 4.79 Å². The Morgan fingerprint density at radius 1 is 0.929 bits per heavy atom. The maximum absolute atomic E-state index is 13.3. The molecule has 0 aliphatic carbocycles. The fourth-order valence-corrected chi connectivity index (χ4v) is 5.04. The first-order chi connectivity index (χ1) is 13.7. The van der Waals surface area contributed by atoms with Gasteiger partial charge in [-0.05, 0) is 48.5 Å². The molecular weight excluding hydrogens is 352 g/mol. The topological polar surface area (TPSA) is 53.0 Å². The first-order valence-corrected chi connectivity index (χ1v) is 10.2. The molecule has 4 aliphatic rings. The van der Waals surface area contributed by atoms with Crippen molar-refractivity contribution in [3.8, 4) is 0 Å². The lowest BCUT2D eigenvalue weighted by Crippen LogP contribution is -2.53. The fraction of sp³-hybridized carbons (Fsp3) is 0.435. The molecule has 2 bridgehead atoms. The van der Waals surface area contributed by atoms with E-state index in [9.17, 15) is 9.90 Å². The van der Waals surface area contributed by atoms with Gasteiger partial charge < -0.3 is 9.84 Å². The molecule has 0 saturated carbocycles. The zero-order valence-corrected chi connectivity index (χ0v) is 15.9. The van der Waals surface area contributed by atoms with Crippen LogP contribution in [0.1, 0.15) is 41.7 Å². The van der Waals surface area contributed by atoms with Crippen LogP contribution in [-0.2, 0) is 4.74 Å². The molecular formula is C23H26N2O3. The minimum absolute atomic E-state index is 0.0410. The molecule has 0 unspecified atom stereocenters. The fourth-order valence-electron chi connectivity index (χ4n) is 5.04. The summed E-state index contributed by atoms with van der Waals surface area (Å²) in [6.45, 7) is 3.30. The van der Waals surface area contributed by atoms with Crippen LogP contribution in [0.2, 0.25) is 0 Å². The van der Waals surface area contributed by atoms with E-state index in [2.05, 4.69) is 4.90 Å². The average molecular weight is 378 g/mol. The van der Waals surface area contributed by atoms with E-state index in [-0.39, 0.29) is 24.8 Å². The predicted molar refractivity (Wildman–Crippen MR) is 106 cm³/mol. The normalized spacial score (nSPS) is 31.3. The molecule has 2 aromatic rings. The van der Waals surface area contributed by atoms with Gasteiger partial charge in [0.1, 0.15) is 6.10 Å². The highest BCUT2D eigenvalue weighted by Gasteiger charge is 2.41. The van der Waals surface area contributed by atoms with E-state index in [1.807, 2.05) is 54.6 Å². The molecule has 146 valence electrons. The molecule has 3 saturated heterocycles. The van der Waals surface area contributed by atoms with Crippen molar-refractivity contribution in [1.82, 2.24) is 9.80 Å². The number of aliphatic hydroxyl groups excluding tert-OH is 1. The molecule has 0 radical (unpaired) electrons. The summed E-state index contributed by atoms with van der Waals surface area (Å²) in [6.07, 6.45) is 1.15. The Hall–Kier alpha value is -2.37. The summed E-state index contributed by atoms with van der Waals surface area (Å²) < 4.78 is 6.01. The van der Waals surface area contributed by atoms with Gasteiger partial charge in [-0.3, -0.25) is 9.80 Å². The SMILES string of the molecule is O=C(O[C@H]1CN2CCC1CC2)N1C[C@@H](O)c2ccccc2[C@@H]1c1ccccc1. The number of benzene rings is 2. The summed E-state index contributed by atoms with van der Waals surface area (Å²) in [5, 5.41) is 10.7. The Bertz CT molecular complexity index is 848. The molecule has 5 nitrogen and oxygen atoms in total. The number of piperidine rings is 3. The van der Waals surface area contributed by atoms with Crippen molar-refractivity contribution in [3.63, 3.8) is 0 Å². The number of fused-ring (bicyclic) bond motifs is 4. The second-order valence-electron chi connectivity index (χ2n) is 8.17. The highest BCUT2D eigenvalue weighted by atomic mass is 16.6. The van der Waals surface area contributed by atoms with Crippen LogP contribution in [0.15, 0.2) is 54.6 Å². The number of β-amino-alcohol motifs (C(OH)–C–C–N with tert-alkyl or cyclic N) is 1. The van der Waals surface area contributed by atoms with Crippen LogP contribution in [0.25, 0.3) is 0 Å². The van der Waals surface area contributed by atoms with Gasteiger partial charge in [-0.2, -0.15) is 0 Å². The van der Waals surface area contributed by atoms with Gasteiger partial charge in [-0.25, -0.2) is 4.79 Å². The van der Waals surface area contributed by atoms with Crippen molar-refractivity contribution in [1.29, 1.82) is 0 Å². The number of nitrogens with zero attached hydrogens (tertiary/aromatic N) is 2. The molecule has 28 heavy (non-hydrogen) atoms. The molecule has 6 rings (SSSR count). The molecule has 0 spiro atoms. The van der Waals surface area contributed by atoms with Crippen molar-refractivity contribution in [2.24, 2.45) is 5.92 Å². The Morgan fingerprint density at radius 3 is 2.29 bits per heavy atom. The summed E-state index contributed by atoms with van der Waals surface area (Å²) in [5.74, 6) is 0.464. The van der Waals surface area contributed by atoms with E-state index < -0.39 is 6.10 Å². The zero-order chi connectivity index (χ0) is 19.1. The number of hydrogen-bond acceptors (Lipinski definition) is 4. The lowest BCUT2D eigenvalue weighted by molar-refractivity contribution is -0.0506. The quantitative estimate of drug-likeness (QED) is 0.871. The molecule has 4 heterocycles. The van der Waals surface area contributed by atoms with E-state index in [1.54, 1.807) is 4.90 Å². The summed E-state index contributed by atoms with van der Waals surface area (Å²) in [5.41, 5.74) is 2.90. The maximum Gasteiger partial charge on any atom is 0.410 e. The van der Waals surface area contributed by atoms with Gasteiger partial charge in [0.2, 0.25) is 0 Å². The van der Waals surface area contributed by atoms with Crippen LogP contribution in [0.3, 0.4) is 0 Å². The summed E-state index contributed by atoms with van der Waals surface area (Å²) in [6, 6.07) is 17.6. The van der Waals surface area contributed by atoms with Crippen LogP contribution >= 0.6 is 0 Å². The monoisotopic (exact) mass is 378 g/mol. The Balaban J connectivity index is 1.46. The van der Waals surface area contributed by atoms with Crippen LogP contribution in [-0.4, -0.2) is 53.3 Å². The van der Waals surface area contributed by atoms with Gasteiger partial charge in [0.25, 0.3) is 0 Å². The Kier molecular flexibility index (Phi) is 4.57. The van der Waals surface area contributed by atoms with Gasteiger partial charge in [-0.15, -0.1) is 0 Å². The predicted octanol–water partition coefficient (Wildman–Crippen LogP) is 3.36. The summed E-state index contributed by atoms with van der Waals surface area (Å²) in [7, 11) is 0. The second-order valence-corrected chi connectivity index (χ2v) is 8.17. The highest BCUT2D eigenvalue weighted by Crippen LogP contribution is 2.40. The third kappa shape index (κ3) is 3.09. The number of aliphatic hydroxyl groups is 1. The second kappa shape index (κ2) is 7.22. The Labute approximate surface area is 165 Å². The highest BCUT2D eigenvalue weighted by molar-refractivity contribution is 5.70. The zero-order valence-electron chi connectivity index (χ0n) is 15.9. The molecule has 1 N–H and O–H groups in total. The number of rotatable bonds is 2. The van der Waals surface area contributed by atoms with Crippen molar-refractivity contribution in [2.45, 2.75) is 31.1 Å². The molecule has 4 aliphatic heterocycles. The van der Waals surface area contributed by atoms with Gasteiger partial charge in [0.15, 0.2) is 0 Å². The van der Waals surface area contributed by atoms with Crippen molar-refractivity contribution in [2.75, 3.05) is 26.2 Å². The van der Waals surface area contributed by atoms with E-state index >= 15 is 0 Å².